The number of methoxy groups -OCH3 is 1. The van der Waals surface area contributed by atoms with Crippen LogP contribution in [0.25, 0.3) is 0 Å². The van der Waals surface area contributed by atoms with Gasteiger partial charge in [-0.2, -0.15) is 0 Å². The van der Waals surface area contributed by atoms with Crippen molar-refractivity contribution in [3.8, 4) is 11.5 Å². The van der Waals surface area contributed by atoms with E-state index in [1.54, 1.807) is 6.07 Å². The van der Waals surface area contributed by atoms with Crippen molar-refractivity contribution in [3.05, 3.63) is 23.8 Å². The molecule has 1 aliphatic carbocycles. The fourth-order valence-corrected chi connectivity index (χ4v) is 1.83. The minimum Gasteiger partial charge on any atom is -0.507 e. The van der Waals surface area contributed by atoms with E-state index in [2.05, 4.69) is 5.32 Å². The Morgan fingerprint density at radius 3 is 2.89 bits per heavy atom. The van der Waals surface area contributed by atoms with Gasteiger partial charge in [0, 0.05) is 18.7 Å². The fourth-order valence-electron chi connectivity index (χ4n) is 1.83. The molecule has 0 spiro atoms. The molecule has 0 radical (unpaired) electrons. The molecule has 1 aromatic carbocycles. The molecule has 1 atom stereocenters. The fraction of sp³-hybridized carbons (Fsp3) is 0.462. The van der Waals surface area contributed by atoms with Crippen molar-refractivity contribution in [2.75, 3.05) is 13.7 Å². The first-order valence-electron chi connectivity index (χ1n) is 6.02. The number of nitrogens with two attached hydrogens (primary N) is 1. The van der Waals surface area contributed by atoms with Crippen LogP contribution in [-0.2, 0) is 0 Å². The molecule has 98 valence electrons. The molecule has 1 aromatic rings. The number of amides is 1. The van der Waals surface area contributed by atoms with Gasteiger partial charge in [0.05, 0.1) is 12.7 Å². The zero-order chi connectivity index (χ0) is 13.1. The molecule has 2 rings (SSSR count). The van der Waals surface area contributed by atoms with E-state index >= 15 is 0 Å². The largest absolute Gasteiger partial charge is 0.507 e. The van der Waals surface area contributed by atoms with Crippen molar-refractivity contribution in [1.82, 2.24) is 5.32 Å². The van der Waals surface area contributed by atoms with E-state index in [4.69, 9.17) is 10.5 Å². The SMILES string of the molecule is COc1ccc(C(=O)NCC(N)C2CC2)c(O)c1. The third kappa shape index (κ3) is 2.92. The Kier molecular flexibility index (Phi) is 3.72. The highest BCUT2D eigenvalue weighted by Crippen LogP contribution is 2.31. The summed E-state index contributed by atoms with van der Waals surface area (Å²) in [6.07, 6.45) is 2.29. The van der Waals surface area contributed by atoms with Crippen LogP contribution in [-0.4, -0.2) is 30.7 Å². The normalized spacial score (nSPS) is 16.1. The molecule has 1 unspecified atom stereocenters. The predicted molar refractivity (Wildman–Crippen MR) is 67.7 cm³/mol. The number of carbonyl (C=O) groups excluding carboxylic acids is 1. The molecule has 1 fully saturated rings. The van der Waals surface area contributed by atoms with Crippen LogP contribution in [0.5, 0.6) is 11.5 Å². The first-order valence-corrected chi connectivity index (χ1v) is 6.02. The number of rotatable bonds is 5. The smallest absolute Gasteiger partial charge is 0.255 e. The molecule has 5 nitrogen and oxygen atoms in total. The number of phenolic OH excluding ortho intramolecular Hbond substituents is 1. The van der Waals surface area contributed by atoms with Gasteiger partial charge in [0.2, 0.25) is 0 Å². The number of nitrogens with one attached hydrogen (secondary N) is 1. The van der Waals surface area contributed by atoms with Crippen molar-refractivity contribution >= 4 is 5.91 Å². The number of hydrogen-bond donors (Lipinski definition) is 3. The molecule has 18 heavy (non-hydrogen) atoms. The summed E-state index contributed by atoms with van der Waals surface area (Å²) in [5.41, 5.74) is 6.13. The van der Waals surface area contributed by atoms with Gasteiger partial charge in [-0.05, 0) is 30.9 Å². The van der Waals surface area contributed by atoms with E-state index in [1.165, 1.54) is 19.2 Å². The Labute approximate surface area is 106 Å². The van der Waals surface area contributed by atoms with Gasteiger partial charge >= 0.3 is 0 Å². The highest BCUT2D eigenvalue weighted by atomic mass is 16.5. The second-order valence-corrected chi connectivity index (χ2v) is 4.59. The van der Waals surface area contributed by atoms with E-state index in [0.717, 1.165) is 12.8 Å². The molecule has 0 bridgehead atoms. The maximum atomic E-state index is 11.8. The molecule has 0 aromatic heterocycles. The van der Waals surface area contributed by atoms with E-state index in [1.807, 2.05) is 0 Å². The summed E-state index contributed by atoms with van der Waals surface area (Å²) in [4.78, 5) is 11.8. The Morgan fingerprint density at radius 1 is 1.61 bits per heavy atom. The standard InChI is InChI=1S/C13H18N2O3/c1-18-9-4-5-10(12(16)6-9)13(17)15-7-11(14)8-2-3-8/h4-6,8,11,16H,2-3,7,14H2,1H3,(H,15,17). The molecule has 0 aliphatic heterocycles. The average Bonchev–Trinajstić information content (AvgIpc) is 3.19. The van der Waals surface area contributed by atoms with Crippen LogP contribution in [0.2, 0.25) is 0 Å². The monoisotopic (exact) mass is 250 g/mol. The van der Waals surface area contributed by atoms with Crippen molar-refractivity contribution in [3.63, 3.8) is 0 Å². The maximum Gasteiger partial charge on any atom is 0.255 e. The van der Waals surface area contributed by atoms with Gasteiger partial charge in [0.1, 0.15) is 11.5 Å². The van der Waals surface area contributed by atoms with Gasteiger partial charge in [-0.3, -0.25) is 4.79 Å². The van der Waals surface area contributed by atoms with Crippen molar-refractivity contribution in [2.24, 2.45) is 11.7 Å². The number of hydrogen-bond acceptors (Lipinski definition) is 4. The summed E-state index contributed by atoms with van der Waals surface area (Å²) >= 11 is 0. The lowest BCUT2D eigenvalue weighted by Gasteiger charge is -2.12. The summed E-state index contributed by atoms with van der Waals surface area (Å²) in [6.45, 7) is 0.439. The molecule has 5 heteroatoms. The first-order chi connectivity index (χ1) is 8.61. The maximum absolute atomic E-state index is 11.8. The van der Waals surface area contributed by atoms with Gasteiger partial charge in [-0.25, -0.2) is 0 Å². The third-order valence-corrected chi connectivity index (χ3v) is 3.18. The first kappa shape index (κ1) is 12.7. The van der Waals surface area contributed by atoms with Crippen LogP contribution in [0.1, 0.15) is 23.2 Å². The van der Waals surface area contributed by atoms with Crippen LogP contribution in [0.15, 0.2) is 18.2 Å². The van der Waals surface area contributed by atoms with E-state index in [-0.39, 0.29) is 23.3 Å². The van der Waals surface area contributed by atoms with E-state index in [0.29, 0.717) is 18.2 Å². The number of phenols is 1. The molecular formula is C13H18N2O3. The minimum atomic E-state index is -0.314. The Morgan fingerprint density at radius 2 is 2.33 bits per heavy atom. The molecule has 0 heterocycles. The van der Waals surface area contributed by atoms with Crippen LogP contribution < -0.4 is 15.8 Å². The topological polar surface area (TPSA) is 84.6 Å². The zero-order valence-electron chi connectivity index (χ0n) is 10.3. The number of carbonyl (C=O) groups is 1. The van der Waals surface area contributed by atoms with Gasteiger partial charge in [-0.1, -0.05) is 0 Å². The Balaban J connectivity index is 1.95. The molecule has 1 amide bonds. The summed E-state index contributed by atoms with van der Waals surface area (Å²) in [7, 11) is 1.50. The summed E-state index contributed by atoms with van der Waals surface area (Å²) in [5.74, 6) is 0.645. The van der Waals surface area contributed by atoms with Gasteiger partial charge in [-0.15, -0.1) is 0 Å². The average molecular weight is 250 g/mol. The summed E-state index contributed by atoms with van der Waals surface area (Å²) in [5, 5.41) is 12.4. The molecule has 0 saturated heterocycles. The minimum absolute atomic E-state index is 0.00865. The molecule has 1 saturated carbocycles. The summed E-state index contributed by atoms with van der Waals surface area (Å²) < 4.78 is 4.96. The Hall–Kier alpha value is -1.75. The lowest BCUT2D eigenvalue weighted by Crippen LogP contribution is -2.38. The van der Waals surface area contributed by atoms with Crippen molar-refractivity contribution in [1.29, 1.82) is 0 Å². The lowest BCUT2D eigenvalue weighted by atomic mass is 10.1. The number of benzene rings is 1. The number of ether oxygens (including phenoxy) is 1. The highest BCUT2D eigenvalue weighted by molar-refractivity contribution is 5.97. The van der Waals surface area contributed by atoms with Gasteiger partial charge in [0.15, 0.2) is 0 Å². The number of aromatic hydroxyl groups is 1. The van der Waals surface area contributed by atoms with Crippen molar-refractivity contribution in [2.45, 2.75) is 18.9 Å². The summed E-state index contributed by atoms with van der Waals surface area (Å²) in [6, 6.07) is 4.59. The second-order valence-electron chi connectivity index (χ2n) is 4.59. The third-order valence-electron chi connectivity index (χ3n) is 3.18. The van der Waals surface area contributed by atoms with Crippen molar-refractivity contribution < 1.29 is 14.6 Å². The van der Waals surface area contributed by atoms with Crippen LogP contribution in [0.3, 0.4) is 0 Å². The van der Waals surface area contributed by atoms with E-state index < -0.39 is 0 Å². The van der Waals surface area contributed by atoms with Gasteiger partial charge < -0.3 is 20.9 Å². The molecular weight excluding hydrogens is 232 g/mol. The zero-order valence-corrected chi connectivity index (χ0v) is 10.3. The molecule has 4 N–H and O–H groups in total. The van der Waals surface area contributed by atoms with Crippen LogP contribution in [0, 0.1) is 5.92 Å². The van der Waals surface area contributed by atoms with Crippen LogP contribution >= 0.6 is 0 Å². The second kappa shape index (κ2) is 5.27. The van der Waals surface area contributed by atoms with Crippen LogP contribution in [0.4, 0.5) is 0 Å². The van der Waals surface area contributed by atoms with Gasteiger partial charge in [0.25, 0.3) is 5.91 Å². The Bertz CT molecular complexity index is 444. The molecule has 1 aliphatic rings. The predicted octanol–water partition coefficient (Wildman–Crippen LogP) is 0.868. The van der Waals surface area contributed by atoms with E-state index in [9.17, 15) is 9.90 Å². The lowest BCUT2D eigenvalue weighted by molar-refractivity contribution is 0.0947. The quantitative estimate of drug-likeness (QED) is 0.724. The highest BCUT2D eigenvalue weighted by Gasteiger charge is 2.28.